The summed E-state index contributed by atoms with van der Waals surface area (Å²) in [6.07, 6.45) is 6.41. The van der Waals surface area contributed by atoms with E-state index in [0.29, 0.717) is 11.8 Å². The van der Waals surface area contributed by atoms with Gasteiger partial charge in [-0.25, -0.2) is 9.97 Å². The van der Waals surface area contributed by atoms with Gasteiger partial charge in [0.2, 0.25) is 5.91 Å². The molecule has 0 atom stereocenters. The lowest BCUT2D eigenvalue weighted by molar-refractivity contribution is -0.135. The number of aromatic nitrogens is 2. The molecule has 0 aromatic carbocycles. The van der Waals surface area contributed by atoms with Crippen LogP contribution in [0.15, 0.2) is 18.3 Å². The van der Waals surface area contributed by atoms with E-state index < -0.39 is 0 Å². The first kappa shape index (κ1) is 13.9. The van der Waals surface area contributed by atoms with Crippen molar-refractivity contribution in [3.05, 3.63) is 18.3 Å². The maximum Gasteiger partial charge on any atom is 0.225 e. The number of piperazine rings is 1. The molecule has 0 bridgehead atoms. The zero-order valence-corrected chi connectivity index (χ0v) is 13.4. The van der Waals surface area contributed by atoms with Crippen molar-refractivity contribution in [2.75, 3.05) is 31.1 Å². The predicted octanol–water partition coefficient (Wildman–Crippen LogP) is 2.53. The van der Waals surface area contributed by atoms with Crippen molar-refractivity contribution in [1.29, 1.82) is 0 Å². The van der Waals surface area contributed by atoms with Gasteiger partial charge in [0.15, 0.2) is 5.13 Å². The largest absolute Gasteiger partial charge is 0.344 e. The Balaban J connectivity index is 1.41. The molecule has 0 N–H and O–H groups in total. The van der Waals surface area contributed by atoms with Gasteiger partial charge in [-0.1, -0.05) is 24.2 Å². The van der Waals surface area contributed by atoms with Gasteiger partial charge in [0.05, 0.1) is 0 Å². The number of hydrogen-bond donors (Lipinski definition) is 0. The summed E-state index contributed by atoms with van der Waals surface area (Å²) in [4.78, 5) is 26.8. The van der Waals surface area contributed by atoms with Crippen LogP contribution in [-0.2, 0) is 4.79 Å². The fourth-order valence-corrected chi connectivity index (χ4v) is 4.40. The van der Waals surface area contributed by atoms with E-state index >= 15 is 0 Å². The molecule has 1 saturated heterocycles. The van der Waals surface area contributed by atoms with Gasteiger partial charge in [-0.2, -0.15) is 0 Å². The van der Waals surface area contributed by atoms with Crippen LogP contribution >= 0.6 is 11.3 Å². The highest BCUT2D eigenvalue weighted by Gasteiger charge is 2.30. The van der Waals surface area contributed by atoms with E-state index in [1.807, 2.05) is 18.3 Å². The maximum absolute atomic E-state index is 12.5. The quantitative estimate of drug-likeness (QED) is 0.854. The molecule has 2 aliphatic rings. The number of pyridine rings is 1. The van der Waals surface area contributed by atoms with Crippen molar-refractivity contribution in [2.24, 2.45) is 5.92 Å². The number of amides is 1. The zero-order valence-electron chi connectivity index (χ0n) is 12.6. The maximum atomic E-state index is 12.5. The van der Waals surface area contributed by atoms with Crippen molar-refractivity contribution >= 4 is 32.7 Å². The van der Waals surface area contributed by atoms with Gasteiger partial charge in [0, 0.05) is 38.3 Å². The highest BCUT2D eigenvalue weighted by Crippen LogP contribution is 2.29. The fraction of sp³-hybridized carbons (Fsp3) is 0.562. The molecule has 6 heteroatoms. The Bertz CT molecular complexity index is 639. The van der Waals surface area contributed by atoms with Crippen LogP contribution in [0.5, 0.6) is 0 Å². The first-order valence-corrected chi connectivity index (χ1v) is 8.88. The molecule has 1 aliphatic heterocycles. The van der Waals surface area contributed by atoms with Gasteiger partial charge >= 0.3 is 0 Å². The van der Waals surface area contributed by atoms with Crippen LogP contribution < -0.4 is 4.90 Å². The minimum absolute atomic E-state index is 0.290. The molecular formula is C16H20N4OS. The van der Waals surface area contributed by atoms with Gasteiger partial charge in [-0.05, 0) is 25.0 Å². The summed E-state index contributed by atoms with van der Waals surface area (Å²) in [7, 11) is 0. The Morgan fingerprint density at radius 3 is 2.68 bits per heavy atom. The van der Waals surface area contributed by atoms with Crippen LogP contribution in [0.1, 0.15) is 25.7 Å². The number of rotatable bonds is 2. The number of thiazole rings is 1. The van der Waals surface area contributed by atoms with Crippen LogP contribution in [0.2, 0.25) is 0 Å². The second-order valence-electron chi connectivity index (χ2n) is 6.12. The third kappa shape index (κ3) is 2.56. The Morgan fingerprint density at radius 1 is 1.18 bits per heavy atom. The average molecular weight is 316 g/mol. The highest BCUT2D eigenvalue weighted by atomic mass is 32.1. The standard InChI is InChI=1S/C16H20N4OS/c21-15(12-4-1-2-5-12)19-8-10-20(11-9-19)16-18-13-6-3-7-17-14(13)22-16/h3,6-7,12H,1-2,4-5,8-11H2. The molecular weight excluding hydrogens is 296 g/mol. The molecule has 0 radical (unpaired) electrons. The third-order valence-corrected chi connectivity index (χ3v) is 5.76. The molecule has 5 nitrogen and oxygen atoms in total. The van der Waals surface area contributed by atoms with Crippen LogP contribution in [0, 0.1) is 5.92 Å². The number of anilines is 1. The third-order valence-electron chi connectivity index (χ3n) is 4.72. The number of nitrogens with zero attached hydrogens (tertiary/aromatic N) is 4. The second kappa shape index (κ2) is 5.83. The molecule has 0 unspecified atom stereocenters. The van der Waals surface area contributed by atoms with E-state index in [1.54, 1.807) is 11.3 Å². The minimum atomic E-state index is 0.290. The van der Waals surface area contributed by atoms with E-state index in [1.165, 1.54) is 12.8 Å². The highest BCUT2D eigenvalue weighted by molar-refractivity contribution is 7.21. The first-order valence-electron chi connectivity index (χ1n) is 8.06. The summed E-state index contributed by atoms with van der Waals surface area (Å²) in [5.41, 5.74) is 0.965. The van der Waals surface area contributed by atoms with E-state index in [2.05, 4.69) is 19.8 Å². The van der Waals surface area contributed by atoms with Gasteiger partial charge in [0.1, 0.15) is 10.3 Å². The molecule has 0 spiro atoms. The molecule has 1 saturated carbocycles. The topological polar surface area (TPSA) is 49.3 Å². The zero-order chi connectivity index (χ0) is 14.9. The summed E-state index contributed by atoms with van der Waals surface area (Å²) in [6.45, 7) is 3.38. The van der Waals surface area contributed by atoms with Gasteiger partial charge < -0.3 is 9.80 Å². The Labute approximate surface area is 134 Å². The lowest BCUT2D eigenvalue weighted by Crippen LogP contribution is -2.50. The van der Waals surface area contributed by atoms with Crippen molar-refractivity contribution in [3.8, 4) is 0 Å². The SMILES string of the molecule is O=C(C1CCCC1)N1CCN(c2nc3cccnc3s2)CC1. The van der Waals surface area contributed by atoms with Crippen LogP contribution in [0.3, 0.4) is 0 Å². The van der Waals surface area contributed by atoms with Gasteiger partial charge in [-0.3, -0.25) is 4.79 Å². The molecule has 2 aromatic heterocycles. The van der Waals surface area contributed by atoms with Crippen molar-refractivity contribution in [3.63, 3.8) is 0 Å². The molecule has 4 rings (SSSR count). The van der Waals surface area contributed by atoms with E-state index in [0.717, 1.165) is 54.5 Å². The fourth-order valence-electron chi connectivity index (χ4n) is 3.44. The number of carbonyl (C=O) groups excluding carboxylic acids is 1. The lowest BCUT2D eigenvalue weighted by Gasteiger charge is -2.35. The normalized spacial score (nSPS) is 20.0. The summed E-state index contributed by atoms with van der Waals surface area (Å²) in [6, 6.07) is 3.92. The van der Waals surface area contributed by atoms with Crippen molar-refractivity contribution < 1.29 is 4.79 Å². The van der Waals surface area contributed by atoms with Crippen LogP contribution in [0.25, 0.3) is 10.3 Å². The minimum Gasteiger partial charge on any atom is -0.344 e. The Morgan fingerprint density at radius 2 is 1.95 bits per heavy atom. The first-order chi connectivity index (χ1) is 10.8. The van der Waals surface area contributed by atoms with Crippen LogP contribution in [0.4, 0.5) is 5.13 Å². The van der Waals surface area contributed by atoms with Gasteiger partial charge in [-0.15, -0.1) is 0 Å². The Hall–Kier alpha value is -1.69. The number of hydrogen-bond acceptors (Lipinski definition) is 5. The molecule has 2 aromatic rings. The summed E-state index contributed by atoms with van der Waals surface area (Å²) in [5, 5.41) is 1.03. The summed E-state index contributed by atoms with van der Waals surface area (Å²) >= 11 is 1.64. The Kier molecular flexibility index (Phi) is 3.70. The number of carbonyl (C=O) groups is 1. The van der Waals surface area contributed by atoms with E-state index in [9.17, 15) is 4.79 Å². The molecule has 1 aliphatic carbocycles. The summed E-state index contributed by atoms with van der Waals surface area (Å²) in [5.74, 6) is 0.668. The van der Waals surface area contributed by atoms with Crippen LogP contribution in [-0.4, -0.2) is 47.0 Å². The molecule has 1 amide bonds. The predicted molar refractivity (Wildman–Crippen MR) is 88.2 cm³/mol. The lowest BCUT2D eigenvalue weighted by atomic mass is 10.1. The van der Waals surface area contributed by atoms with E-state index in [4.69, 9.17) is 0 Å². The van der Waals surface area contributed by atoms with Crippen molar-refractivity contribution in [2.45, 2.75) is 25.7 Å². The second-order valence-corrected chi connectivity index (χ2v) is 7.07. The monoisotopic (exact) mass is 316 g/mol. The van der Waals surface area contributed by atoms with E-state index in [-0.39, 0.29) is 0 Å². The molecule has 2 fully saturated rings. The molecule has 116 valence electrons. The van der Waals surface area contributed by atoms with Gasteiger partial charge in [0.25, 0.3) is 0 Å². The number of fused-ring (bicyclic) bond motifs is 1. The van der Waals surface area contributed by atoms with Crippen molar-refractivity contribution in [1.82, 2.24) is 14.9 Å². The smallest absolute Gasteiger partial charge is 0.225 e. The molecule has 22 heavy (non-hydrogen) atoms. The average Bonchev–Trinajstić information content (AvgIpc) is 3.23. The summed E-state index contributed by atoms with van der Waals surface area (Å²) < 4.78 is 0. The molecule has 3 heterocycles.